The first kappa shape index (κ1) is 39.8. The average Bonchev–Trinajstić information content (AvgIpc) is 3.80. The topological polar surface area (TPSA) is 0 Å². The molecule has 1 atom stereocenters. The molecule has 8 rings (SSSR count). The van der Waals surface area contributed by atoms with Gasteiger partial charge in [-0.1, -0.05) is 0 Å². The summed E-state index contributed by atoms with van der Waals surface area (Å²) in [5, 5.41) is 2.85. The van der Waals surface area contributed by atoms with E-state index in [0.717, 1.165) is 6.42 Å². The summed E-state index contributed by atoms with van der Waals surface area (Å²) >= 11 is -1.51. The Labute approximate surface area is 345 Å². The Kier molecular flexibility index (Phi) is 11.6. The largest absolute Gasteiger partial charge is 1.00 e. The molecule has 269 valence electrons. The minimum Gasteiger partial charge on any atom is -1.00 e. The van der Waals surface area contributed by atoms with Crippen molar-refractivity contribution in [1.29, 1.82) is 0 Å². The van der Waals surface area contributed by atoms with Gasteiger partial charge in [0.05, 0.1) is 0 Å². The van der Waals surface area contributed by atoms with Crippen LogP contribution in [0.2, 0.25) is 0 Å². The molecule has 0 saturated carbocycles. The summed E-state index contributed by atoms with van der Waals surface area (Å²) in [6.07, 6.45) is 13.1. The van der Waals surface area contributed by atoms with Crippen molar-refractivity contribution >= 4 is 12.1 Å². The molecule has 3 heteroatoms. The number of rotatable bonds is 6. The number of halogens is 2. The smallest absolute Gasteiger partial charge is 1.00 e. The summed E-state index contributed by atoms with van der Waals surface area (Å²) in [5.41, 5.74) is 13.5. The third kappa shape index (κ3) is 6.94. The molecular formula is C51H47Cl2Zr. The first-order chi connectivity index (χ1) is 25.1. The number of allylic oxidation sites excluding steroid dienone is 8. The molecule has 54 heavy (non-hydrogen) atoms. The van der Waals surface area contributed by atoms with Crippen molar-refractivity contribution in [2.24, 2.45) is 5.41 Å². The van der Waals surface area contributed by atoms with E-state index in [4.69, 9.17) is 0 Å². The van der Waals surface area contributed by atoms with Crippen LogP contribution in [0.4, 0.5) is 0 Å². The van der Waals surface area contributed by atoms with Crippen molar-refractivity contribution < 1.29 is 47.6 Å². The summed E-state index contributed by atoms with van der Waals surface area (Å²) in [4.78, 5) is 0. The van der Waals surface area contributed by atoms with Gasteiger partial charge in [0.1, 0.15) is 0 Å². The van der Waals surface area contributed by atoms with Gasteiger partial charge in [-0.05, 0) is 0 Å². The SMILES string of the molecule is CC(C)(C)c1cc(-c2ccccc2)c2c(c1)=[C]([Zr+2]=[C](c1ccccc1)c1ccccc1)C1=C(C3=CC=CC3)C(c3ccccc3)(C(C)(C)C)C=CC=21.[Cl-].[Cl-]. The maximum Gasteiger partial charge on any atom is -1.00 e. The van der Waals surface area contributed by atoms with Gasteiger partial charge in [-0.25, -0.2) is 0 Å². The predicted octanol–water partition coefficient (Wildman–Crippen LogP) is 5.02. The summed E-state index contributed by atoms with van der Waals surface area (Å²) in [6, 6.07) is 50.0. The molecule has 5 aromatic rings. The van der Waals surface area contributed by atoms with E-state index in [2.05, 4.69) is 205 Å². The van der Waals surface area contributed by atoms with Crippen molar-refractivity contribution in [1.82, 2.24) is 0 Å². The second-order valence-corrected chi connectivity index (χ2v) is 19.5. The van der Waals surface area contributed by atoms with Crippen molar-refractivity contribution in [3.05, 3.63) is 213 Å². The third-order valence-corrected chi connectivity index (χ3v) is 15.1. The molecule has 0 amide bonds. The number of fused-ring (bicyclic) bond motifs is 2. The van der Waals surface area contributed by atoms with E-state index >= 15 is 0 Å². The maximum absolute atomic E-state index is 2.58. The predicted molar refractivity (Wildman–Crippen MR) is 218 cm³/mol. The van der Waals surface area contributed by atoms with Crippen molar-refractivity contribution in [3.8, 4) is 11.1 Å². The Morgan fingerprint density at radius 2 is 1.22 bits per heavy atom. The monoisotopic (exact) mass is 819 g/mol. The second kappa shape index (κ2) is 15.7. The fourth-order valence-corrected chi connectivity index (χ4v) is 12.4. The fraction of sp³-hybridized carbons (Fsp3) is 0.196. The average molecular weight is 822 g/mol. The molecule has 0 radical (unpaired) electrons. The molecule has 3 aliphatic rings. The third-order valence-electron chi connectivity index (χ3n) is 11.2. The van der Waals surface area contributed by atoms with Crippen LogP contribution < -0.4 is 35.3 Å². The summed E-state index contributed by atoms with van der Waals surface area (Å²) in [6.45, 7) is 14.4. The van der Waals surface area contributed by atoms with E-state index in [1.165, 1.54) is 69.3 Å². The molecule has 5 aromatic carbocycles. The molecule has 0 bridgehead atoms. The maximum atomic E-state index is 2.58. The fourth-order valence-electron chi connectivity index (χ4n) is 8.54. The van der Waals surface area contributed by atoms with E-state index in [0.29, 0.717) is 0 Å². The van der Waals surface area contributed by atoms with Gasteiger partial charge in [-0.3, -0.25) is 0 Å². The van der Waals surface area contributed by atoms with Gasteiger partial charge in [-0.15, -0.1) is 0 Å². The standard InChI is InChI=1S/C38H37.C13H10.2ClH.Zr/c1-36(2,3)30-23-28-24-33-31(34(28)32(25-30)26-15-9-7-10-16-26)21-22-38(37(4,5)6,29-19-11-8-12-20-29)35(33)27-17-13-14-18-27;1-3-7-12(8-4-1)11-13-9-5-2-6-10-13;;;/h7-17,19-23,25H,18H2,1-6H3;1-10H;2*1H;/q;;;;+2/p-2. The summed E-state index contributed by atoms with van der Waals surface area (Å²) in [5.74, 6) is 0. The van der Waals surface area contributed by atoms with Gasteiger partial charge in [0.2, 0.25) is 0 Å². The Morgan fingerprint density at radius 1 is 0.667 bits per heavy atom. The van der Waals surface area contributed by atoms with Crippen molar-refractivity contribution in [3.63, 3.8) is 0 Å². The quantitative estimate of drug-likeness (QED) is 0.226. The summed E-state index contributed by atoms with van der Waals surface area (Å²) in [7, 11) is 0. The van der Waals surface area contributed by atoms with E-state index in [1.54, 1.807) is 3.28 Å². The molecule has 0 fully saturated rings. The van der Waals surface area contributed by atoms with Crippen LogP contribution in [0.3, 0.4) is 0 Å². The number of benzene rings is 5. The van der Waals surface area contributed by atoms with Gasteiger partial charge in [0.25, 0.3) is 0 Å². The minimum absolute atomic E-state index is 0. The van der Waals surface area contributed by atoms with Crippen LogP contribution in [0.25, 0.3) is 20.0 Å². The van der Waals surface area contributed by atoms with Crippen molar-refractivity contribution in [2.75, 3.05) is 0 Å². The van der Waals surface area contributed by atoms with E-state index in [-0.39, 0.29) is 41.1 Å². The number of hydrogen-bond donors (Lipinski definition) is 0. The van der Waals surface area contributed by atoms with Crippen LogP contribution in [0.15, 0.2) is 181 Å². The summed E-state index contributed by atoms with van der Waals surface area (Å²) < 4.78 is 3.12. The zero-order valence-corrected chi connectivity index (χ0v) is 36.0. The van der Waals surface area contributed by atoms with Gasteiger partial charge in [-0.2, -0.15) is 0 Å². The van der Waals surface area contributed by atoms with Crippen LogP contribution in [-0.2, 0) is 33.6 Å². The van der Waals surface area contributed by atoms with Crippen LogP contribution in [0.1, 0.15) is 70.2 Å². The Bertz CT molecular complexity index is 2410. The van der Waals surface area contributed by atoms with E-state index < -0.39 is 22.8 Å². The second-order valence-electron chi connectivity index (χ2n) is 16.4. The zero-order chi connectivity index (χ0) is 36.1. The Morgan fingerprint density at radius 3 is 1.74 bits per heavy atom. The molecule has 0 aromatic heterocycles. The first-order valence-electron chi connectivity index (χ1n) is 18.7. The Balaban J connectivity index is 0.00000249. The molecule has 3 aliphatic carbocycles. The van der Waals surface area contributed by atoms with Crippen LogP contribution >= 0.6 is 0 Å². The molecule has 0 aliphatic heterocycles. The zero-order valence-electron chi connectivity index (χ0n) is 32.1. The van der Waals surface area contributed by atoms with Crippen LogP contribution in [0.5, 0.6) is 0 Å². The first-order valence-corrected chi connectivity index (χ1v) is 21.1. The molecule has 1 unspecified atom stereocenters. The molecule has 0 saturated heterocycles. The molecule has 0 nitrogen and oxygen atoms in total. The van der Waals surface area contributed by atoms with E-state index in [9.17, 15) is 0 Å². The molecule has 0 N–H and O–H groups in total. The molecular weight excluding hydrogens is 775 g/mol. The van der Waals surface area contributed by atoms with Gasteiger partial charge < -0.3 is 24.8 Å². The van der Waals surface area contributed by atoms with Crippen molar-refractivity contribution in [2.45, 2.75) is 58.8 Å². The van der Waals surface area contributed by atoms with Gasteiger partial charge in [0, 0.05) is 0 Å². The van der Waals surface area contributed by atoms with Crippen LogP contribution in [-0.4, -0.2) is 3.21 Å². The number of hydrogen-bond acceptors (Lipinski definition) is 0. The van der Waals surface area contributed by atoms with Crippen LogP contribution in [0, 0.1) is 5.41 Å². The van der Waals surface area contributed by atoms with Gasteiger partial charge >= 0.3 is 323 Å². The minimum atomic E-state index is -1.51. The molecule has 0 spiro atoms. The Hall–Kier alpha value is -3.87. The molecule has 0 heterocycles. The van der Waals surface area contributed by atoms with Gasteiger partial charge in [0.15, 0.2) is 0 Å². The van der Waals surface area contributed by atoms with E-state index in [1.807, 2.05) is 0 Å². The normalized spacial score (nSPS) is 17.3.